The second-order valence-electron chi connectivity index (χ2n) is 4.82. The molecule has 0 radical (unpaired) electrons. The summed E-state index contributed by atoms with van der Waals surface area (Å²) in [5.74, 6) is 0. The summed E-state index contributed by atoms with van der Waals surface area (Å²) in [5, 5.41) is 13.5. The SMILES string of the molecule is C=Cc1c(C#N)nn(-c2c(C)cc(C)cc2C)c1C. The fourth-order valence-electron chi connectivity index (χ4n) is 2.57. The summed E-state index contributed by atoms with van der Waals surface area (Å²) in [7, 11) is 0. The Kier molecular flexibility index (Phi) is 3.26. The number of benzene rings is 1. The van der Waals surface area contributed by atoms with E-state index in [4.69, 9.17) is 5.26 Å². The topological polar surface area (TPSA) is 41.6 Å². The molecule has 2 rings (SSSR count). The average molecular weight is 251 g/mol. The lowest BCUT2D eigenvalue weighted by atomic mass is 10.0. The third-order valence-corrected chi connectivity index (χ3v) is 3.32. The molecule has 0 atom stereocenters. The monoisotopic (exact) mass is 251 g/mol. The quantitative estimate of drug-likeness (QED) is 0.818. The summed E-state index contributed by atoms with van der Waals surface area (Å²) in [4.78, 5) is 0. The maximum absolute atomic E-state index is 9.14. The number of hydrogen-bond acceptors (Lipinski definition) is 2. The van der Waals surface area contributed by atoms with Crippen molar-refractivity contribution in [3.63, 3.8) is 0 Å². The Morgan fingerprint density at radius 2 is 1.79 bits per heavy atom. The maximum Gasteiger partial charge on any atom is 0.170 e. The largest absolute Gasteiger partial charge is 0.236 e. The van der Waals surface area contributed by atoms with E-state index in [9.17, 15) is 0 Å². The molecule has 0 aliphatic rings. The molecule has 3 heteroatoms. The van der Waals surface area contributed by atoms with Gasteiger partial charge < -0.3 is 0 Å². The molecule has 0 saturated heterocycles. The summed E-state index contributed by atoms with van der Waals surface area (Å²) in [6.45, 7) is 11.9. The molecular formula is C16H17N3. The number of rotatable bonds is 2. The van der Waals surface area contributed by atoms with Gasteiger partial charge in [0, 0.05) is 11.3 Å². The highest BCUT2D eigenvalue weighted by Crippen LogP contribution is 2.25. The standard InChI is InChI=1S/C16H17N3/c1-6-14-13(5)19(18-15(14)9-17)16-11(3)7-10(2)8-12(16)4/h6-8H,1H2,2-5H3. The highest BCUT2D eigenvalue weighted by Gasteiger charge is 2.16. The molecule has 0 N–H and O–H groups in total. The first-order chi connectivity index (χ1) is 8.99. The van der Waals surface area contributed by atoms with Gasteiger partial charge in [0.05, 0.1) is 5.69 Å². The molecule has 0 aliphatic heterocycles. The summed E-state index contributed by atoms with van der Waals surface area (Å²) in [6.07, 6.45) is 1.69. The molecular weight excluding hydrogens is 234 g/mol. The number of hydrogen-bond donors (Lipinski definition) is 0. The van der Waals surface area contributed by atoms with E-state index >= 15 is 0 Å². The molecule has 3 nitrogen and oxygen atoms in total. The van der Waals surface area contributed by atoms with Crippen LogP contribution in [-0.2, 0) is 0 Å². The first-order valence-corrected chi connectivity index (χ1v) is 6.20. The van der Waals surface area contributed by atoms with Gasteiger partial charge in [0.15, 0.2) is 5.69 Å². The molecule has 1 heterocycles. The van der Waals surface area contributed by atoms with Gasteiger partial charge in [0.25, 0.3) is 0 Å². The fraction of sp³-hybridized carbons (Fsp3) is 0.250. The van der Waals surface area contributed by atoms with E-state index in [-0.39, 0.29) is 0 Å². The van der Waals surface area contributed by atoms with E-state index < -0.39 is 0 Å². The Bertz CT molecular complexity index is 677. The minimum atomic E-state index is 0.423. The normalized spacial score (nSPS) is 10.3. The van der Waals surface area contributed by atoms with Gasteiger partial charge in [-0.1, -0.05) is 30.4 Å². The molecule has 19 heavy (non-hydrogen) atoms. The van der Waals surface area contributed by atoms with Crippen molar-refractivity contribution in [2.24, 2.45) is 0 Å². The van der Waals surface area contributed by atoms with Crippen molar-refractivity contribution in [1.29, 1.82) is 5.26 Å². The van der Waals surface area contributed by atoms with E-state index in [1.165, 1.54) is 5.56 Å². The van der Waals surface area contributed by atoms with Crippen molar-refractivity contribution in [1.82, 2.24) is 9.78 Å². The summed E-state index contributed by atoms with van der Waals surface area (Å²) >= 11 is 0. The number of aryl methyl sites for hydroxylation is 3. The highest BCUT2D eigenvalue weighted by molar-refractivity contribution is 5.59. The zero-order valence-electron chi connectivity index (χ0n) is 11.8. The first kappa shape index (κ1) is 13.1. The van der Waals surface area contributed by atoms with Crippen molar-refractivity contribution >= 4 is 6.08 Å². The van der Waals surface area contributed by atoms with Crippen molar-refractivity contribution in [2.75, 3.05) is 0 Å². The smallest absolute Gasteiger partial charge is 0.170 e. The van der Waals surface area contributed by atoms with Crippen molar-refractivity contribution in [3.8, 4) is 11.8 Å². The minimum Gasteiger partial charge on any atom is -0.236 e. The molecule has 0 bridgehead atoms. The molecule has 0 saturated carbocycles. The zero-order valence-corrected chi connectivity index (χ0v) is 11.8. The van der Waals surface area contributed by atoms with Gasteiger partial charge in [-0.15, -0.1) is 0 Å². The van der Waals surface area contributed by atoms with Crippen LogP contribution >= 0.6 is 0 Å². The summed E-state index contributed by atoms with van der Waals surface area (Å²) in [6, 6.07) is 6.38. The van der Waals surface area contributed by atoms with Crippen LogP contribution in [0.5, 0.6) is 0 Å². The van der Waals surface area contributed by atoms with Crippen LogP contribution in [0.3, 0.4) is 0 Å². The second kappa shape index (κ2) is 4.74. The number of nitriles is 1. The molecule has 0 amide bonds. The van der Waals surface area contributed by atoms with Crippen LogP contribution in [0.1, 0.15) is 33.6 Å². The van der Waals surface area contributed by atoms with Gasteiger partial charge in [-0.2, -0.15) is 10.4 Å². The molecule has 0 spiro atoms. The summed E-state index contributed by atoms with van der Waals surface area (Å²) in [5.41, 5.74) is 6.77. The zero-order chi connectivity index (χ0) is 14.2. The molecule has 0 fully saturated rings. The van der Waals surface area contributed by atoms with Gasteiger partial charge in [-0.25, -0.2) is 4.68 Å². The lowest BCUT2D eigenvalue weighted by molar-refractivity contribution is 0.827. The van der Waals surface area contributed by atoms with Crippen LogP contribution in [0.4, 0.5) is 0 Å². The molecule has 2 aromatic rings. The predicted molar refractivity (Wildman–Crippen MR) is 77.3 cm³/mol. The maximum atomic E-state index is 9.14. The third-order valence-electron chi connectivity index (χ3n) is 3.32. The van der Waals surface area contributed by atoms with Gasteiger partial charge in [-0.3, -0.25) is 0 Å². The van der Waals surface area contributed by atoms with E-state index in [1.54, 1.807) is 6.08 Å². The Hall–Kier alpha value is -2.34. The lowest BCUT2D eigenvalue weighted by Gasteiger charge is -2.13. The number of nitrogens with zero attached hydrogens (tertiary/aromatic N) is 3. The van der Waals surface area contributed by atoms with Crippen molar-refractivity contribution < 1.29 is 0 Å². The second-order valence-corrected chi connectivity index (χ2v) is 4.82. The van der Waals surface area contributed by atoms with Crippen LogP contribution in [0, 0.1) is 39.0 Å². The Balaban J connectivity index is 2.77. The molecule has 0 unspecified atom stereocenters. The van der Waals surface area contributed by atoms with Crippen molar-refractivity contribution in [3.05, 3.63) is 52.4 Å². The van der Waals surface area contributed by atoms with Crippen LogP contribution < -0.4 is 0 Å². The van der Waals surface area contributed by atoms with E-state index in [0.717, 1.165) is 28.1 Å². The highest BCUT2D eigenvalue weighted by atomic mass is 15.3. The third kappa shape index (κ3) is 2.06. The van der Waals surface area contributed by atoms with E-state index in [2.05, 4.69) is 50.7 Å². The molecule has 0 aliphatic carbocycles. The molecule has 96 valence electrons. The van der Waals surface area contributed by atoms with Crippen LogP contribution in [-0.4, -0.2) is 9.78 Å². The van der Waals surface area contributed by atoms with Gasteiger partial charge in [-0.05, 0) is 38.8 Å². The van der Waals surface area contributed by atoms with E-state index in [0.29, 0.717) is 5.69 Å². The molecule has 1 aromatic heterocycles. The fourth-order valence-corrected chi connectivity index (χ4v) is 2.57. The predicted octanol–water partition coefficient (Wildman–Crippen LogP) is 3.62. The summed E-state index contributed by atoms with van der Waals surface area (Å²) < 4.78 is 1.85. The number of aromatic nitrogens is 2. The Labute approximate surface area is 113 Å². The average Bonchev–Trinajstić information content (AvgIpc) is 2.65. The van der Waals surface area contributed by atoms with Crippen LogP contribution in [0.25, 0.3) is 11.8 Å². The van der Waals surface area contributed by atoms with Crippen LogP contribution in [0.15, 0.2) is 18.7 Å². The minimum absolute atomic E-state index is 0.423. The lowest BCUT2D eigenvalue weighted by Crippen LogP contribution is -2.04. The van der Waals surface area contributed by atoms with Gasteiger partial charge >= 0.3 is 0 Å². The molecule has 1 aromatic carbocycles. The van der Waals surface area contributed by atoms with Gasteiger partial charge in [0.2, 0.25) is 0 Å². The Morgan fingerprint density at radius 1 is 1.21 bits per heavy atom. The van der Waals surface area contributed by atoms with Crippen LogP contribution in [0.2, 0.25) is 0 Å². The van der Waals surface area contributed by atoms with Gasteiger partial charge in [0.1, 0.15) is 6.07 Å². The Morgan fingerprint density at radius 3 is 2.21 bits per heavy atom. The van der Waals surface area contributed by atoms with E-state index in [1.807, 2.05) is 11.6 Å². The first-order valence-electron chi connectivity index (χ1n) is 6.20. The van der Waals surface area contributed by atoms with Crippen molar-refractivity contribution in [2.45, 2.75) is 27.7 Å².